The minimum absolute atomic E-state index is 0.0498. The summed E-state index contributed by atoms with van der Waals surface area (Å²) in [6.45, 7) is 6.49. The summed E-state index contributed by atoms with van der Waals surface area (Å²) in [5.74, 6) is 0.852. The molecular weight excluding hydrogens is 248 g/mol. The third-order valence-electron chi connectivity index (χ3n) is 3.30. The smallest absolute Gasteiger partial charge is 0.122 e. The molecule has 0 fully saturated rings. The van der Waals surface area contributed by atoms with Gasteiger partial charge in [0.05, 0.1) is 13.7 Å². The van der Waals surface area contributed by atoms with E-state index in [2.05, 4.69) is 32.9 Å². The van der Waals surface area contributed by atoms with E-state index >= 15 is 0 Å². The highest BCUT2D eigenvalue weighted by atomic mass is 16.5. The number of aliphatic hydroxyl groups is 1. The zero-order valence-electron chi connectivity index (χ0n) is 13.1. The van der Waals surface area contributed by atoms with Crippen LogP contribution in [0.15, 0.2) is 41.5 Å². The number of benzene rings is 1. The van der Waals surface area contributed by atoms with Gasteiger partial charge in [-0.2, -0.15) is 0 Å². The van der Waals surface area contributed by atoms with Gasteiger partial charge in [-0.05, 0) is 57.2 Å². The summed E-state index contributed by atoms with van der Waals surface area (Å²) < 4.78 is 5.38. The van der Waals surface area contributed by atoms with E-state index in [1.807, 2.05) is 18.2 Å². The van der Waals surface area contributed by atoms with Crippen LogP contribution < -0.4 is 4.74 Å². The second-order valence-corrected chi connectivity index (χ2v) is 5.38. The third kappa shape index (κ3) is 5.62. The Balaban J connectivity index is 2.66. The molecule has 2 nitrogen and oxygen atoms in total. The fourth-order valence-corrected chi connectivity index (χ4v) is 2.03. The summed E-state index contributed by atoms with van der Waals surface area (Å²) in [6, 6.07) is 5.89. The molecular formula is C18H26O2. The molecule has 1 rings (SSSR count). The first-order valence-corrected chi connectivity index (χ1v) is 7.12. The van der Waals surface area contributed by atoms with Crippen molar-refractivity contribution in [3.05, 3.63) is 52.6 Å². The van der Waals surface area contributed by atoms with Gasteiger partial charge >= 0.3 is 0 Å². The Morgan fingerprint density at radius 3 is 2.55 bits per heavy atom. The number of ether oxygens (including phenoxy) is 1. The third-order valence-corrected chi connectivity index (χ3v) is 3.30. The van der Waals surface area contributed by atoms with Crippen LogP contribution in [0.25, 0.3) is 0 Å². The molecule has 0 heterocycles. The summed E-state index contributed by atoms with van der Waals surface area (Å²) in [5, 5.41) is 9.14. The molecule has 1 N–H and O–H groups in total. The predicted octanol–water partition coefficient (Wildman–Crippen LogP) is 4.42. The molecule has 0 bridgehead atoms. The van der Waals surface area contributed by atoms with Crippen LogP contribution in [-0.4, -0.2) is 12.2 Å². The van der Waals surface area contributed by atoms with E-state index in [0.717, 1.165) is 36.1 Å². The van der Waals surface area contributed by atoms with Gasteiger partial charge in [0.15, 0.2) is 0 Å². The average molecular weight is 274 g/mol. The standard InChI is InChI=1S/C18H26O2/c1-14(2)6-5-7-15(3)8-10-17-11-9-16(13-19)12-18(17)20-4/h6,8-9,11-12,19H,5,7,10,13H2,1-4H3/b15-8+. The van der Waals surface area contributed by atoms with Crippen molar-refractivity contribution in [2.45, 2.75) is 46.6 Å². The normalized spacial score (nSPS) is 11.3. The first-order chi connectivity index (χ1) is 9.56. The molecule has 1 aromatic rings. The number of aliphatic hydroxyl groups excluding tert-OH is 1. The van der Waals surface area contributed by atoms with Crippen molar-refractivity contribution in [1.29, 1.82) is 0 Å². The summed E-state index contributed by atoms with van der Waals surface area (Å²) in [5.41, 5.74) is 4.82. The molecule has 0 saturated carbocycles. The molecule has 0 aliphatic rings. The molecule has 1 aromatic carbocycles. The maximum atomic E-state index is 9.14. The van der Waals surface area contributed by atoms with E-state index < -0.39 is 0 Å². The van der Waals surface area contributed by atoms with E-state index in [1.54, 1.807) is 7.11 Å². The van der Waals surface area contributed by atoms with E-state index in [-0.39, 0.29) is 6.61 Å². The number of rotatable bonds is 7. The van der Waals surface area contributed by atoms with Crippen molar-refractivity contribution in [2.24, 2.45) is 0 Å². The Kier molecular flexibility index (Phi) is 7.10. The highest BCUT2D eigenvalue weighted by Crippen LogP contribution is 2.22. The monoisotopic (exact) mass is 274 g/mol. The van der Waals surface area contributed by atoms with Crippen molar-refractivity contribution in [2.75, 3.05) is 7.11 Å². The first kappa shape index (κ1) is 16.5. The topological polar surface area (TPSA) is 29.5 Å². The lowest BCUT2D eigenvalue weighted by Gasteiger charge is -2.09. The zero-order valence-corrected chi connectivity index (χ0v) is 13.1. The molecule has 0 spiro atoms. The molecule has 0 radical (unpaired) electrons. The van der Waals surface area contributed by atoms with Gasteiger partial charge in [-0.25, -0.2) is 0 Å². The second-order valence-electron chi connectivity index (χ2n) is 5.38. The molecule has 0 unspecified atom stereocenters. The highest BCUT2D eigenvalue weighted by molar-refractivity contribution is 5.38. The van der Waals surface area contributed by atoms with Gasteiger partial charge in [0.25, 0.3) is 0 Å². The fourth-order valence-electron chi connectivity index (χ4n) is 2.03. The molecule has 110 valence electrons. The molecule has 0 aliphatic carbocycles. The lowest BCUT2D eigenvalue weighted by molar-refractivity contribution is 0.281. The summed E-state index contributed by atoms with van der Waals surface area (Å²) in [7, 11) is 1.67. The number of hydrogen-bond donors (Lipinski definition) is 1. The van der Waals surface area contributed by atoms with Crippen molar-refractivity contribution in [3.63, 3.8) is 0 Å². The zero-order chi connectivity index (χ0) is 15.0. The second kappa shape index (κ2) is 8.60. The Morgan fingerprint density at radius 2 is 1.95 bits per heavy atom. The minimum atomic E-state index is 0.0498. The van der Waals surface area contributed by atoms with Crippen LogP contribution in [0, 0.1) is 0 Å². The minimum Gasteiger partial charge on any atom is -0.496 e. The Hall–Kier alpha value is -1.54. The van der Waals surface area contributed by atoms with Gasteiger partial charge < -0.3 is 9.84 Å². The Morgan fingerprint density at radius 1 is 1.20 bits per heavy atom. The SMILES string of the molecule is COc1cc(CO)ccc1C/C=C(\C)CCC=C(C)C. The van der Waals surface area contributed by atoms with Crippen LogP contribution in [0.3, 0.4) is 0 Å². The van der Waals surface area contributed by atoms with Crippen LogP contribution in [0.5, 0.6) is 5.75 Å². The summed E-state index contributed by atoms with van der Waals surface area (Å²) in [6.07, 6.45) is 7.60. The van der Waals surface area contributed by atoms with E-state index in [1.165, 1.54) is 11.1 Å². The quantitative estimate of drug-likeness (QED) is 0.746. The molecule has 0 atom stereocenters. The van der Waals surface area contributed by atoms with Crippen LogP contribution in [0.4, 0.5) is 0 Å². The highest BCUT2D eigenvalue weighted by Gasteiger charge is 2.03. The van der Waals surface area contributed by atoms with Gasteiger partial charge in [-0.1, -0.05) is 35.4 Å². The number of methoxy groups -OCH3 is 1. The molecule has 2 heteroatoms. The molecule has 20 heavy (non-hydrogen) atoms. The van der Waals surface area contributed by atoms with Crippen molar-refractivity contribution in [1.82, 2.24) is 0 Å². The van der Waals surface area contributed by atoms with Crippen LogP contribution >= 0.6 is 0 Å². The van der Waals surface area contributed by atoms with Gasteiger partial charge in [0.2, 0.25) is 0 Å². The number of allylic oxidation sites excluding steroid dienone is 4. The lowest BCUT2D eigenvalue weighted by Crippen LogP contribution is -1.94. The largest absolute Gasteiger partial charge is 0.496 e. The van der Waals surface area contributed by atoms with E-state index in [9.17, 15) is 0 Å². The van der Waals surface area contributed by atoms with Gasteiger partial charge in [0, 0.05) is 0 Å². The van der Waals surface area contributed by atoms with E-state index in [0.29, 0.717) is 0 Å². The van der Waals surface area contributed by atoms with Crippen molar-refractivity contribution >= 4 is 0 Å². The molecule has 0 saturated heterocycles. The lowest BCUT2D eigenvalue weighted by atomic mass is 10.0. The summed E-state index contributed by atoms with van der Waals surface area (Å²) in [4.78, 5) is 0. The fraction of sp³-hybridized carbons (Fsp3) is 0.444. The van der Waals surface area contributed by atoms with Crippen LogP contribution in [0.2, 0.25) is 0 Å². The molecule has 0 amide bonds. The average Bonchev–Trinajstić information content (AvgIpc) is 2.44. The summed E-state index contributed by atoms with van der Waals surface area (Å²) >= 11 is 0. The maximum absolute atomic E-state index is 9.14. The van der Waals surface area contributed by atoms with Crippen molar-refractivity contribution < 1.29 is 9.84 Å². The molecule has 0 aromatic heterocycles. The van der Waals surface area contributed by atoms with Crippen LogP contribution in [0.1, 0.15) is 44.7 Å². The van der Waals surface area contributed by atoms with Crippen LogP contribution in [-0.2, 0) is 13.0 Å². The Bertz CT molecular complexity index is 480. The van der Waals surface area contributed by atoms with E-state index in [4.69, 9.17) is 9.84 Å². The predicted molar refractivity (Wildman–Crippen MR) is 85.0 cm³/mol. The maximum Gasteiger partial charge on any atom is 0.122 e. The van der Waals surface area contributed by atoms with Crippen molar-refractivity contribution in [3.8, 4) is 5.75 Å². The Labute approximate surface area is 122 Å². The van der Waals surface area contributed by atoms with Gasteiger partial charge in [-0.3, -0.25) is 0 Å². The van der Waals surface area contributed by atoms with Gasteiger partial charge in [-0.15, -0.1) is 0 Å². The van der Waals surface area contributed by atoms with Gasteiger partial charge in [0.1, 0.15) is 5.75 Å². The first-order valence-electron chi connectivity index (χ1n) is 7.12. The number of hydrogen-bond acceptors (Lipinski definition) is 2. The molecule has 0 aliphatic heterocycles.